The standard InChI is InChI=1S/C21H14Cl2N4O4S/c22-13-8-9-15(23)18(11-13)32(30,31)27-20-19(25-16-6-1-2-7-17(16)26-20)24-14-5-3-4-12(10-14)21(28)29/h1-11H,(H,24,25)(H,26,27)(H,28,29). The number of fused-ring (bicyclic) bond motifs is 1. The summed E-state index contributed by atoms with van der Waals surface area (Å²) in [6.07, 6.45) is 0. The molecule has 32 heavy (non-hydrogen) atoms. The van der Waals surface area contributed by atoms with Crippen LogP contribution in [0.2, 0.25) is 10.0 Å². The highest BCUT2D eigenvalue weighted by Crippen LogP contribution is 2.30. The molecule has 0 fully saturated rings. The lowest BCUT2D eigenvalue weighted by Crippen LogP contribution is -2.16. The van der Waals surface area contributed by atoms with Crippen molar-refractivity contribution >= 4 is 67.6 Å². The number of aromatic carboxylic acids is 1. The lowest BCUT2D eigenvalue weighted by atomic mass is 10.2. The lowest BCUT2D eigenvalue weighted by Gasteiger charge is -2.15. The van der Waals surface area contributed by atoms with Crippen LogP contribution >= 0.6 is 23.2 Å². The number of halogens is 2. The number of carbonyl (C=O) groups is 1. The zero-order chi connectivity index (χ0) is 22.9. The van der Waals surface area contributed by atoms with E-state index in [-0.39, 0.29) is 32.1 Å². The molecule has 11 heteroatoms. The zero-order valence-corrected chi connectivity index (χ0v) is 18.4. The number of anilines is 3. The average molecular weight is 489 g/mol. The Morgan fingerprint density at radius 1 is 0.875 bits per heavy atom. The van der Waals surface area contributed by atoms with Crippen molar-refractivity contribution < 1.29 is 18.3 Å². The number of hydrogen-bond acceptors (Lipinski definition) is 6. The molecule has 0 aliphatic rings. The number of carboxylic acids is 1. The van der Waals surface area contributed by atoms with Crippen molar-refractivity contribution in [2.45, 2.75) is 4.90 Å². The normalized spacial score (nSPS) is 11.3. The number of carboxylic acid groups (broad SMARTS) is 1. The monoisotopic (exact) mass is 488 g/mol. The highest BCUT2D eigenvalue weighted by molar-refractivity contribution is 7.92. The summed E-state index contributed by atoms with van der Waals surface area (Å²) in [5.74, 6) is -1.12. The number of nitrogens with zero attached hydrogens (tertiary/aromatic N) is 2. The number of nitrogens with one attached hydrogen (secondary N) is 2. The maximum absolute atomic E-state index is 13.0. The number of sulfonamides is 1. The Balaban J connectivity index is 1.80. The smallest absolute Gasteiger partial charge is 0.335 e. The molecule has 0 bridgehead atoms. The van der Waals surface area contributed by atoms with Crippen molar-refractivity contribution in [3.8, 4) is 0 Å². The summed E-state index contributed by atoms with van der Waals surface area (Å²) in [4.78, 5) is 19.9. The molecule has 0 saturated carbocycles. The summed E-state index contributed by atoms with van der Waals surface area (Å²) in [6.45, 7) is 0. The van der Waals surface area contributed by atoms with Crippen LogP contribution in [0.5, 0.6) is 0 Å². The molecular formula is C21H14Cl2N4O4S. The van der Waals surface area contributed by atoms with Crippen LogP contribution in [-0.2, 0) is 10.0 Å². The van der Waals surface area contributed by atoms with E-state index in [9.17, 15) is 18.3 Å². The molecule has 1 aromatic heterocycles. The van der Waals surface area contributed by atoms with Crippen LogP contribution in [0.15, 0.2) is 71.6 Å². The SMILES string of the molecule is O=C(O)c1cccc(Nc2nc3ccccc3nc2NS(=O)(=O)c2cc(Cl)ccc2Cl)c1. The minimum absolute atomic E-state index is 0.0145. The quantitative estimate of drug-likeness (QED) is 0.341. The molecule has 0 radical (unpaired) electrons. The fourth-order valence-electron chi connectivity index (χ4n) is 2.89. The fraction of sp³-hybridized carbons (Fsp3) is 0. The van der Waals surface area contributed by atoms with E-state index in [0.717, 1.165) is 0 Å². The zero-order valence-electron chi connectivity index (χ0n) is 16.1. The summed E-state index contributed by atoms with van der Waals surface area (Å²) in [6, 6.07) is 17.0. The Morgan fingerprint density at radius 2 is 1.56 bits per heavy atom. The highest BCUT2D eigenvalue weighted by Gasteiger charge is 2.22. The van der Waals surface area contributed by atoms with Gasteiger partial charge in [0.25, 0.3) is 10.0 Å². The van der Waals surface area contributed by atoms with Gasteiger partial charge in [0, 0.05) is 10.7 Å². The van der Waals surface area contributed by atoms with Gasteiger partial charge in [-0.3, -0.25) is 4.72 Å². The van der Waals surface area contributed by atoms with Crippen molar-refractivity contribution in [3.63, 3.8) is 0 Å². The van der Waals surface area contributed by atoms with Crippen molar-refractivity contribution in [2.75, 3.05) is 10.0 Å². The third-order valence-electron chi connectivity index (χ3n) is 4.36. The fourth-order valence-corrected chi connectivity index (χ4v) is 4.66. The van der Waals surface area contributed by atoms with E-state index in [1.165, 1.54) is 30.3 Å². The molecule has 0 aliphatic heterocycles. The molecule has 1 heterocycles. The van der Waals surface area contributed by atoms with Gasteiger partial charge in [-0.15, -0.1) is 0 Å². The minimum Gasteiger partial charge on any atom is -0.478 e. The molecule has 162 valence electrons. The Labute approximate surface area is 192 Å². The van der Waals surface area contributed by atoms with Crippen molar-refractivity contribution in [3.05, 3.63) is 82.3 Å². The molecule has 0 atom stereocenters. The lowest BCUT2D eigenvalue weighted by molar-refractivity contribution is 0.0697. The molecule has 0 amide bonds. The van der Waals surface area contributed by atoms with E-state index in [1.54, 1.807) is 36.4 Å². The minimum atomic E-state index is -4.17. The maximum atomic E-state index is 13.0. The number of hydrogen-bond donors (Lipinski definition) is 3. The molecule has 3 N–H and O–H groups in total. The second-order valence-electron chi connectivity index (χ2n) is 6.60. The van der Waals surface area contributed by atoms with E-state index in [0.29, 0.717) is 16.7 Å². The van der Waals surface area contributed by atoms with Gasteiger partial charge in [0.2, 0.25) is 0 Å². The van der Waals surface area contributed by atoms with Crippen molar-refractivity contribution in [1.82, 2.24) is 9.97 Å². The van der Waals surface area contributed by atoms with E-state index in [4.69, 9.17) is 23.2 Å². The van der Waals surface area contributed by atoms with Gasteiger partial charge in [-0.25, -0.2) is 23.2 Å². The second-order valence-corrected chi connectivity index (χ2v) is 9.10. The summed E-state index contributed by atoms with van der Waals surface area (Å²) in [7, 11) is -4.17. The molecule has 0 spiro atoms. The van der Waals surface area contributed by atoms with Gasteiger partial charge in [-0.05, 0) is 48.5 Å². The number of rotatable bonds is 6. The molecule has 4 aromatic rings. The highest BCUT2D eigenvalue weighted by atomic mass is 35.5. The average Bonchev–Trinajstić information content (AvgIpc) is 2.75. The number of para-hydroxylation sites is 2. The van der Waals surface area contributed by atoms with Gasteiger partial charge in [0.05, 0.1) is 21.6 Å². The largest absolute Gasteiger partial charge is 0.478 e. The van der Waals surface area contributed by atoms with Crippen molar-refractivity contribution in [1.29, 1.82) is 0 Å². The first kappa shape index (κ1) is 21.8. The molecule has 3 aromatic carbocycles. The molecule has 8 nitrogen and oxygen atoms in total. The van der Waals surface area contributed by atoms with Crippen LogP contribution in [0.25, 0.3) is 11.0 Å². The molecule has 4 rings (SSSR count). The Kier molecular flexibility index (Phi) is 5.88. The Hall–Kier alpha value is -3.40. The van der Waals surface area contributed by atoms with Crippen LogP contribution in [0.4, 0.5) is 17.3 Å². The van der Waals surface area contributed by atoms with Gasteiger partial charge in [0.1, 0.15) is 4.90 Å². The molecule has 0 aliphatic carbocycles. The predicted molar refractivity (Wildman–Crippen MR) is 123 cm³/mol. The van der Waals surface area contributed by atoms with Gasteiger partial charge in [-0.1, -0.05) is 41.4 Å². The Morgan fingerprint density at radius 3 is 2.25 bits per heavy atom. The van der Waals surface area contributed by atoms with E-state index in [2.05, 4.69) is 20.0 Å². The van der Waals surface area contributed by atoms with Crippen LogP contribution in [-0.4, -0.2) is 29.5 Å². The molecule has 0 saturated heterocycles. The van der Waals surface area contributed by atoms with Crippen LogP contribution in [0.3, 0.4) is 0 Å². The predicted octanol–water partition coefficient (Wildman–Crippen LogP) is 5.18. The van der Waals surface area contributed by atoms with Gasteiger partial charge < -0.3 is 10.4 Å². The van der Waals surface area contributed by atoms with Gasteiger partial charge >= 0.3 is 5.97 Å². The molecule has 0 unspecified atom stereocenters. The van der Waals surface area contributed by atoms with Crippen LogP contribution in [0.1, 0.15) is 10.4 Å². The molecular weight excluding hydrogens is 475 g/mol. The first-order valence-electron chi connectivity index (χ1n) is 9.08. The number of aromatic nitrogens is 2. The first-order chi connectivity index (χ1) is 15.2. The van der Waals surface area contributed by atoms with Crippen LogP contribution in [0, 0.1) is 0 Å². The van der Waals surface area contributed by atoms with E-state index >= 15 is 0 Å². The van der Waals surface area contributed by atoms with Gasteiger partial charge in [-0.2, -0.15) is 0 Å². The van der Waals surface area contributed by atoms with E-state index < -0.39 is 16.0 Å². The van der Waals surface area contributed by atoms with Gasteiger partial charge in [0.15, 0.2) is 11.6 Å². The van der Waals surface area contributed by atoms with E-state index in [1.807, 2.05) is 0 Å². The van der Waals surface area contributed by atoms with Crippen molar-refractivity contribution in [2.24, 2.45) is 0 Å². The maximum Gasteiger partial charge on any atom is 0.335 e. The summed E-state index contributed by atoms with van der Waals surface area (Å²) < 4.78 is 28.5. The summed E-state index contributed by atoms with van der Waals surface area (Å²) in [5.41, 5.74) is 1.40. The third-order valence-corrected chi connectivity index (χ3v) is 6.41. The van der Waals surface area contributed by atoms with Crippen LogP contribution < -0.4 is 10.0 Å². The number of benzene rings is 3. The summed E-state index contributed by atoms with van der Waals surface area (Å²) in [5, 5.41) is 12.3. The Bertz CT molecular complexity index is 1460. The first-order valence-corrected chi connectivity index (χ1v) is 11.3. The topological polar surface area (TPSA) is 121 Å². The summed E-state index contributed by atoms with van der Waals surface area (Å²) >= 11 is 12.0. The third kappa shape index (κ3) is 4.59. The second kappa shape index (κ2) is 8.62.